The van der Waals surface area contributed by atoms with E-state index in [0.29, 0.717) is 0 Å². The van der Waals surface area contributed by atoms with E-state index in [2.05, 4.69) is 22.3 Å². The third kappa shape index (κ3) is 1.38. The molecule has 0 N–H and O–H groups in total. The Balaban J connectivity index is 2.58. The molecule has 0 aliphatic carbocycles. The Morgan fingerprint density at radius 3 is 3.08 bits per heavy atom. The van der Waals surface area contributed by atoms with Crippen LogP contribution in [0.4, 0.5) is 0 Å². The van der Waals surface area contributed by atoms with E-state index in [9.17, 15) is 0 Å². The van der Waals surface area contributed by atoms with Crippen molar-refractivity contribution in [1.82, 2.24) is 15.0 Å². The molecule has 13 heavy (non-hydrogen) atoms. The highest BCUT2D eigenvalue weighted by Crippen LogP contribution is 2.07. The minimum absolute atomic E-state index is 0.828. The van der Waals surface area contributed by atoms with Gasteiger partial charge in [-0.3, -0.25) is 0 Å². The van der Waals surface area contributed by atoms with Crippen molar-refractivity contribution >= 4 is 11.0 Å². The largest absolute Gasteiger partial charge is 0.169 e. The molecule has 0 amide bonds. The van der Waals surface area contributed by atoms with Gasteiger partial charge in [0.1, 0.15) is 11.0 Å². The van der Waals surface area contributed by atoms with Crippen LogP contribution in [0.15, 0.2) is 24.3 Å². The molecule has 64 valence electrons. The van der Waals surface area contributed by atoms with Crippen molar-refractivity contribution < 1.29 is 0 Å². The van der Waals surface area contributed by atoms with Gasteiger partial charge in [0.15, 0.2) is 0 Å². The van der Waals surface area contributed by atoms with E-state index in [1.807, 2.05) is 31.2 Å². The van der Waals surface area contributed by atoms with Crippen molar-refractivity contribution in [3.05, 3.63) is 24.3 Å². The Morgan fingerprint density at radius 2 is 2.23 bits per heavy atom. The number of benzene rings is 1. The van der Waals surface area contributed by atoms with Gasteiger partial charge < -0.3 is 0 Å². The number of rotatable bonds is 0. The average molecular weight is 171 g/mol. The van der Waals surface area contributed by atoms with Crippen LogP contribution in [-0.2, 0) is 0 Å². The molecule has 3 heteroatoms. The number of fused-ring (bicyclic) bond motifs is 1. The smallest absolute Gasteiger partial charge is 0.114 e. The molecule has 3 nitrogen and oxygen atoms in total. The average Bonchev–Trinajstić information content (AvgIpc) is 2.58. The molecule has 0 aliphatic heterocycles. The van der Waals surface area contributed by atoms with Gasteiger partial charge in [-0.2, -0.15) is 4.68 Å². The monoisotopic (exact) mass is 171 g/mol. The van der Waals surface area contributed by atoms with Crippen LogP contribution in [0.1, 0.15) is 13.3 Å². The van der Waals surface area contributed by atoms with E-state index < -0.39 is 0 Å². The zero-order chi connectivity index (χ0) is 9.10. The van der Waals surface area contributed by atoms with E-state index in [1.54, 1.807) is 4.68 Å². The second kappa shape index (κ2) is 3.28. The highest BCUT2D eigenvalue weighted by Gasteiger charge is 1.98. The molecule has 0 radical (unpaired) electrons. The van der Waals surface area contributed by atoms with Gasteiger partial charge in [0.2, 0.25) is 0 Å². The van der Waals surface area contributed by atoms with Crippen LogP contribution < -0.4 is 0 Å². The first kappa shape index (κ1) is 7.81. The predicted molar refractivity (Wildman–Crippen MR) is 51.0 cm³/mol. The molecule has 1 aromatic heterocycles. The summed E-state index contributed by atoms with van der Waals surface area (Å²) in [6, 6.07) is 10.7. The maximum Gasteiger partial charge on any atom is 0.114 e. The first-order valence-electron chi connectivity index (χ1n) is 4.21. The third-order valence-electron chi connectivity index (χ3n) is 1.71. The van der Waals surface area contributed by atoms with Crippen LogP contribution in [0.25, 0.3) is 11.0 Å². The van der Waals surface area contributed by atoms with Gasteiger partial charge in [-0.25, -0.2) is 0 Å². The van der Waals surface area contributed by atoms with Crippen molar-refractivity contribution in [2.45, 2.75) is 13.3 Å². The fourth-order valence-electron chi connectivity index (χ4n) is 1.11. The summed E-state index contributed by atoms with van der Waals surface area (Å²) in [5, 5.41) is 7.91. The molecule has 1 heterocycles. The summed E-state index contributed by atoms with van der Waals surface area (Å²) in [6.07, 6.45) is 0.828. The van der Waals surface area contributed by atoms with Crippen molar-refractivity contribution in [2.75, 3.05) is 0 Å². The Bertz CT molecular complexity index is 473. The standard InChI is InChI=1S/C10H9N3/c1-2-3-8-13-10-7-5-4-6-9(10)11-12-13/h4-7H,2H2,1H3. The maximum atomic E-state index is 3.98. The zero-order valence-corrected chi connectivity index (χ0v) is 7.36. The molecule has 0 spiro atoms. The molecule has 2 rings (SSSR count). The van der Waals surface area contributed by atoms with Gasteiger partial charge in [-0.05, 0) is 12.1 Å². The molecule has 0 bridgehead atoms. The van der Waals surface area contributed by atoms with E-state index in [1.165, 1.54) is 0 Å². The molecule has 0 atom stereocenters. The fourth-order valence-corrected chi connectivity index (χ4v) is 1.11. The van der Waals surface area contributed by atoms with Gasteiger partial charge in [0.05, 0.1) is 0 Å². The molecule has 0 saturated carbocycles. The van der Waals surface area contributed by atoms with Gasteiger partial charge in [-0.15, -0.1) is 5.10 Å². The van der Waals surface area contributed by atoms with Crippen LogP contribution in [0, 0.1) is 12.0 Å². The summed E-state index contributed by atoms with van der Waals surface area (Å²) >= 11 is 0. The highest BCUT2D eigenvalue weighted by atomic mass is 15.4. The van der Waals surface area contributed by atoms with Crippen molar-refractivity contribution in [3.63, 3.8) is 0 Å². The van der Waals surface area contributed by atoms with Crippen molar-refractivity contribution in [3.8, 4) is 12.0 Å². The topological polar surface area (TPSA) is 30.7 Å². The van der Waals surface area contributed by atoms with Gasteiger partial charge in [0.25, 0.3) is 0 Å². The summed E-state index contributed by atoms with van der Waals surface area (Å²) in [5.74, 6) is 2.95. The molecular weight excluding hydrogens is 162 g/mol. The number of hydrogen-bond donors (Lipinski definition) is 0. The lowest BCUT2D eigenvalue weighted by molar-refractivity contribution is 0.847. The van der Waals surface area contributed by atoms with Gasteiger partial charge in [-0.1, -0.05) is 30.2 Å². The lowest BCUT2D eigenvalue weighted by Gasteiger charge is -1.87. The second-order valence-corrected chi connectivity index (χ2v) is 2.63. The quantitative estimate of drug-likeness (QED) is 0.564. The second-order valence-electron chi connectivity index (χ2n) is 2.63. The molecule has 1 aromatic carbocycles. The molecular formula is C10H9N3. The van der Waals surface area contributed by atoms with Crippen LogP contribution in [-0.4, -0.2) is 15.0 Å². The summed E-state index contributed by atoms with van der Waals surface area (Å²) in [6.45, 7) is 2.01. The van der Waals surface area contributed by atoms with Crippen LogP contribution in [0.5, 0.6) is 0 Å². The Morgan fingerprint density at radius 1 is 1.38 bits per heavy atom. The normalized spacial score (nSPS) is 9.62. The SMILES string of the molecule is CCC#Cn1nnc2ccccc21. The fraction of sp³-hybridized carbons (Fsp3) is 0.200. The predicted octanol–water partition coefficient (Wildman–Crippen LogP) is 1.65. The zero-order valence-electron chi connectivity index (χ0n) is 7.36. The first-order chi connectivity index (χ1) is 6.42. The number of aromatic nitrogens is 3. The Hall–Kier alpha value is -1.82. The third-order valence-corrected chi connectivity index (χ3v) is 1.71. The summed E-state index contributed by atoms with van der Waals surface area (Å²) in [4.78, 5) is 0. The number of nitrogens with zero attached hydrogens (tertiary/aromatic N) is 3. The van der Waals surface area contributed by atoms with Gasteiger partial charge >= 0.3 is 0 Å². The molecule has 2 aromatic rings. The van der Waals surface area contributed by atoms with Crippen LogP contribution in [0.2, 0.25) is 0 Å². The first-order valence-corrected chi connectivity index (χ1v) is 4.21. The van der Waals surface area contributed by atoms with Crippen LogP contribution in [0.3, 0.4) is 0 Å². The molecule has 0 fully saturated rings. The van der Waals surface area contributed by atoms with E-state index in [0.717, 1.165) is 17.5 Å². The highest BCUT2D eigenvalue weighted by molar-refractivity contribution is 5.74. The number of hydrogen-bond acceptors (Lipinski definition) is 2. The molecule has 0 saturated heterocycles. The molecule has 0 aliphatic rings. The van der Waals surface area contributed by atoms with Crippen LogP contribution >= 0.6 is 0 Å². The van der Waals surface area contributed by atoms with Crippen molar-refractivity contribution in [1.29, 1.82) is 0 Å². The van der Waals surface area contributed by atoms with Gasteiger partial charge in [0, 0.05) is 12.5 Å². The minimum Gasteiger partial charge on any atom is -0.169 e. The number of para-hydroxylation sites is 1. The summed E-state index contributed by atoms with van der Waals surface area (Å²) in [7, 11) is 0. The van der Waals surface area contributed by atoms with E-state index in [-0.39, 0.29) is 0 Å². The maximum absolute atomic E-state index is 3.98. The van der Waals surface area contributed by atoms with Crippen molar-refractivity contribution in [2.24, 2.45) is 0 Å². The Labute approximate surface area is 76.4 Å². The lowest BCUT2D eigenvalue weighted by atomic mass is 10.3. The summed E-state index contributed by atoms with van der Waals surface area (Å²) in [5.41, 5.74) is 1.84. The van der Waals surface area contributed by atoms with E-state index >= 15 is 0 Å². The summed E-state index contributed by atoms with van der Waals surface area (Å²) < 4.78 is 1.61. The Kier molecular flexibility index (Phi) is 1.97. The minimum atomic E-state index is 0.828. The van der Waals surface area contributed by atoms with E-state index in [4.69, 9.17) is 0 Å². The lowest BCUT2D eigenvalue weighted by Crippen LogP contribution is -1.90. The molecule has 0 unspecified atom stereocenters.